The highest BCUT2D eigenvalue weighted by Crippen LogP contribution is 2.28. The lowest BCUT2D eigenvalue weighted by atomic mass is 10.0. The number of nitrogens with one attached hydrogen (secondary N) is 1. The molecular formula is C22H16N2O6. The molecule has 2 heterocycles. The molecule has 4 rings (SSSR count). The molecule has 3 amide bonds. The van der Waals surface area contributed by atoms with E-state index in [1.807, 2.05) is 6.92 Å². The van der Waals surface area contributed by atoms with E-state index < -0.39 is 29.3 Å². The summed E-state index contributed by atoms with van der Waals surface area (Å²) in [6, 6.07) is 12.5. The number of carbonyl (C=O) groups is 4. The van der Waals surface area contributed by atoms with Gasteiger partial charge in [-0.05, 0) is 31.2 Å². The van der Waals surface area contributed by atoms with Gasteiger partial charge >= 0.3 is 12.0 Å². The highest BCUT2D eigenvalue weighted by molar-refractivity contribution is 6.28. The Morgan fingerprint density at radius 3 is 2.57 bits per heavy atom. The number of urea groups is 1. The van der Waals surface area contributed by atoms with Crippen LogP contribution in [0.5, 0.6) is 11.5 Å². The molecule has 2 aromatic carbocycles. The van der Waals surface area contributed by atoms with E-state index in [4.69, 9.17) is 9.47 Å². The molecule has 8 nitrogen and oxygen atoms in total. The van der Waals surface area contributed by atoms with Gasteiger partial charge in [0.05, 0.1) is 12.2 Å². The van der Waals surface area contributed by atoms with Crippen molar-refractivity contribution in [3.05, 3.63) is 77.1 Å². The number of imide groups is 1. The molecule has 0 spiro atoms. The lowest BCUT2D eigenvalue weighted by Gasteiger charge is -2.17. The third-order valence-electron chi connectivity index (χ3n) is 4.49. The summed E-state index contributed by atoms with van der Waals surface area (Å²) in [4.78, 5) is 50.7. The van der Waals surface area contributed by atoms with Crippen molar-refractivity contribution >= 4 is 29.8 Å². The minimum absolute atomic E-state index is 0.0129. The maximum absolute atomic E-state index is 12.7. The topological polar surface area (TPSA) is 102 Å². The third kappa shape index (κ3) is 3.35. The van der Waals surface area contributed by atoms with Gasteiger partial charge in [-0.3, -0.25) is 9.59 Å². The predicted molar refractivity (Wildman–Crippen MR) is 105 cm³/mol. The van der Waals surface area contributed by atoms with Gasteiger partial charge in [0, 0.05) is 11.8 Å². The van der Waals surface area contributed by atoms with Crippen molar-refractivity contribution in [1.29, 1.82) is 0 Å². The number of fused-ring (bicyclic) bond motifs is 1. The van der Waals surface area contributed by atoms with E-state index in [-0.39, 0.29) is 17.0 Å². The zero-order chi connectivity index (χ0) is 21.3. The Balaban J connectivity index is 1.66. The van der Waals surface area contributed by atoms with Crippen LogP contribution in [0, 0.1) is 0 Å². The molecule has 0 radical (unpaired) electrons. The molecule has 150 valence electrons. The van der Waals surface area contributed by atoms with E-state index in [9.17, 15) is 19.2 Å². The fourth-order valence-electron chi connectivity index (χ4n) is 3.08. The highest BCUT2D eigenvalue weighted by Gasteiger charge is 2.37. The molecule has 8 heteroatoms. The fourth-order valence-corrected chi connectivity index (χ4v) is 3.08. The molecule has 2 aromatic rings. The Bertz CT molecular complexity index is 1150. The summed E-state index contributed by atoms with van der Waals surface area (Å²) in [5, 5.41) is 2.44. The maximum atomic E-state index is 12.7. The monoisotopic (exact) mass is 404 g/mol. The Kier molecular flexibility index (Phi) is 4.89. The molecular weight excluding hydrogens is 388 g/mol. The number of hydrogen-bond acceptors (Lipinski definition) is 6. The van der Waals surface area contributed by atoms with Crippen molar-refractivity contribution in [2.45, 2.75) is 6.92 Å². The van der Waals surface area contributed by atoms with Gasteiger partial charge in [0.15, 0.2) is 0 Å². The number of Topliss-reactive ketones (excluding diaryl/α,β-unsaturated/α-hetero) is 1. The molecule has 0 bridgehead atoms. The van der Waals surface area contributed by atoms with Crippen LogP contribution >= 0.6 is 0 Å². The number of amides is 3. The fraction of sp³-hybridized carbons (Fsp3) is 0.0909. The number of nitrogens with zero attached hydrogens (tertiary/aromatic N) is 1. The Labute approximate surface area is 171 Å². The largest absolute Gasteiger partial charge is 0.493 e. The van der Waals surface area contributed by atoms with E-state index in [2.05, 4.69) is 5.32 Å². The van der Waals surface area contributed by atoms with E-state index in [0.717, 1.165) is 6.20 Å². The first kappa shape index (κ1) is 19.1. The average Bonchev–Trinajstić information content (AvgIpc) is 2.99. The second-order valence-corrected chi connectivity index (χ2v) is 6.39. The van der Waals surface area contributed by atoms with Crippen molar-refractivity contribution in [2.24, 2.45) is 0 Å². The number of carbonyl (C=O) groups excluding carboxylic acids is 4. The summed E-state index contributed by atoms with van der Waals surface area (Å²) in [5.74, 6) is -1.58. The van der Waals surface area contributed by atoms with Crippen LogP contribution in [0.15, 0.2) is 66.0 Å². The zero-order valence-corrected chi connectivity index (χ0v) is 15.9. The van der Waals surface area contributed by atoms with E-state index in [1.165, 1.54) is 18.2 Å². The van der Waals surface area contributed by atoms with Crippen LogP contribution in [0.1, 0.15) is 22.8 Å². The molecule has 0 aliphatic carbocycles. The van der Waals surface area contributed by atoms with Crippen LogP contribution in [0.4, 0.5) is 4.79 Å². The smallest absolute Gasteiger partial charge is 0.349 e. The van der Waals surface area contributed by atoms with Crippen molar-refractivity contribution in [3.63, 3.8) is 0 Å². The van der Waals surface area contributed by atoms with Gasteiger partial charge in [-0.25, -0.2) is 14.5 Å². The first-order valence-corrected chi connectivity index (χ1v) is 9.15. The van der Waals surface area contributed by atoms with Crippen LogP contribution < -0.4 is 14.8 Å². The molecule has 30 heavy (non-hydrogen) atoms. The Hall–Kier alpha value is -4.20. The molecule has 1 N–H and O–H groups in total. The average molecular weight is 404 g/mol. The summed E-state index contributed by atoms with van der Waals surface area (Å²) in [5.41, 5.74) is 0.352. The summed E-state index contributed by atoms with van der Waals surface area (Å²) in [6.45, 7) is 2.27. The molecule has 0 aromatic heterocycles. The van der Waals surface area contributed by atoms with Crippen molar-refractivity contribution < 1.29 is 28.7 Å². The minimum atomic E-state index is -0.932. The Morgan fingerprint density at radius 2 is 1.77 bits per heavy atom. The Morgan fingerprint density at radius 1 is 1.03 bits per heavy atom. The number of para-hydroxylation sites is 2. The normalized spacial score (nSPS) is 18.5. The van der Waals surface area contributed by atoms with Crippen LogP contribution in [0.25, 0.3) is 6.08 Å². The van der Waals surface area contributed by atoms with Crippen molar-refractivity contribution in [2.75, 3.05) is 6.61 Å². The first-order chi connectivity index (χ1) is 14.5. The third-order valence-corrected chi connectivity index (χ3v) is 4.49. The van der Waals surface area contributed by atoms with Gasteiger partial charge in [-0.1, -0.05) is 30.3 Å². The van der Waals surface area contributed by atoms with Gasteiger partial charge in [0.1, 0.15) is 22.8 Å². The molecule has 2 aliphatic heterocycles. The summed E-state index contributed by atoms with van der Waals surface area (Å²) < 4.78 is 10.7. The van der Waals surface area contributed by atoms with E-state index >= 15 is 0 Å². The lowest BCUT2D eigenvalue weighted by molar-refractivity contribution is -0.130. The van der Waals surface area contributed by atoms with E-state index in [1.54, 1.807) is 36.4 Å². The number of ether oxygens (including phenoxy) is 2. The van der Waals surface area contributed by atoms with Gasteiger partial charge in [-0.15, -0.1) is 0 Å². The van der Waals surface area contributed by atoms with Crippen LogP contribution in [0.2, 0.25) is 0 Å². The molecule has 0 saturated carbocycles. The number of ketones is 1. The molecule has 1 saturated heterocycles. The second kappa shape index (κ2) is 7.67. The van der Waals surface area contributed by atoms with Gasteiger partial charge in [0.25, 0.3) is 5.91 Å². The van der Waals surface area contributed by atoms with Crippen molar-refractivity contribution in [3.8, 4) is 11.5 Å². The summed E-state index contributed by atoms with van der Waals surface area (Å²) in [7, 11) is 0. The number of hydrogen-bond donors (Lipinski definition) is 1. The highest BCUT2D eigenvalue weighted by atomic mass is 16.5. The van der Waals surface area contributed by atoms with Gasteiger partial charge in [0.2, 0.25) is 5.78 Å². The quantitative estimate of drug-likeness (QED) is 0.276. The standard InChI is InChI=1S/C22H16N2O6/c1-2-29-17-9-5-3-7-13(17)11-16-20(26)24(22(28)23-16)12-15-19(25)14-8-4-6-10-18(14)30-21(15)27/h3-12H,2H2,1H3,(H,23,28)/b15-12-,16-11-. The lowest BCUT2D eigenvalue weighted by Crippen LogP contribution is -2.31. The molecule has 2 aliphatic rings. The zero-order valence-electron chi connectivity index (χ0n) is 15.9. The van der Waals surface area contributed by atoms with Gasteiger partial charge in [-0.2, -0.15) is 0 Å². The molecule has 1 fully saturated rings. The first-order valence-electron chi connectivity index (χ1n) is 9.15. The number of esters is 1. The summed E-state index contributed by atoms with van der Waals surface area (Å²) in [6.07, 6.45) is 2.38. The minimum Gasteiger partial charge on any atom is -0.493 e. The van der Waals surface area contributed by atoms with Crippen LogP contribution in [-0.4, -0.2) is 35.2 Å². The van der Waals surface area contributed by atoms with Gasteiger partial charge < -0.3 is 14.8 Å². The molecule has 0 unspecified atom stereocenters. The van der Waals surface area contributed by atoms with Crippen molar-refractivity contribution in [1.82, 2.24) is 10.2 Å². The van der Waals surface area contributed by atoms with Crippen LogP contribution in [0.3, 0.4) is 0 Å². The summed E-state index contributed by atoms with van der Waals surface area (Å²) >= 11 is 0. The predicted octanol–water partition coefficient (Wildman–Crippen LogP) is 2.66. The SMILES string of the molecule is CCOc1ccccc1/C=C1\NC(=O)N(/C=C2\C(=O)Oc3ccccc3C2=O)C1=O. The molecule has 0 atom stereocenters. The maximum Gasteiger partial charge on any atom is 0.349 e. The number of rotatable bonds is 4. The second-order valence-electron chi connectivity index (χ2n) is 6.39. The van der Waals surface area contributed by atoms with Crippen LogP contribution in [-0.2, 0) is 9.59 Å². The number of benzene rings is 2. The van der Waals surface area contributed by atoms with E-state index in [0.29, 0.717) is 22.8 Å².